The number of likely N-dealkylation sites (tertiary alicyclic amines) is 1. The van der Waals surface area contributed by atoms with Crippen molar-refractivity contribution in [3.05, 3.63) is 59.7 Å². The van der Waals surface area contributed by atoms with Crippen LogP contribution in [0.25, 0.3) is 11.1 Å². The molecule has 0 aromatic heterocycles. The zero-order chi connectivity index (χ0) is 24.4. The smallest absolute Gasteiger partial charge is 0.407 e. The molecule has 3 aliphatic rings. The summed E-state index contributed by atoms with van der Waals surface area (Å²) in [6.45, 7) is 0.750. The second-order valence-electron chi connectivity index (χ2n) is 9.91. The van der Waals surface area contributed by atoms with Crippen LogP contribution in [-0.2, 0) is 14.3 Å². The summed E-state index contributed by atoms with van der Waals surface area (Å²) in [4.78, 5) is 39.0. The molecule has 1 saturated heterocycles. The van der Waals surface area contributed by atoms with Crippen LogP contribution in [0.4, 0.5) is 4.79 Å². The lowest BCUT2D eigenvalue weighted by atomic mass is 9.84. The number of carboxylic acids is 1. The van der Waals surface area contributed by atoms with Crippen molar-refractivity contribution in [2.75, 3.05) is 13.2 Å². The van der Waals surface area contributed by atoms with Gasteiger partial charge >= 0.3 is 12.1 Å². The average molecular weight is 477 g/mol. The molecule has 2 amide bonds. The van der Waals surface area contributed by atoms with E-state index < -0.39 is 18.1 Å². The molecule has 5 rings (SSSR count). The fourth-order valence-electron chi connectivity index (χ4n) is 6.04. The monoisotopic (exact) mass is 476 g/mol. The normalized spacial score (nSPS) is 23.8. The Bertz CT molecular complexity index is 1070. The van der Waals surface area contributed by atoms with Gasteiger partial charge in [0.2, 0.25) is 5.91 Å². The van der Waals surface area contributed by atoms with Gasteiger partial charge in [-0.1, -0.05) is 55.0 Å². The zero-order valence-corrected chi connectivity index (χ0v) is 19.8. The number of carbonyl (C=O) groups is 3. The van der Waals surface area contributed by atoms with E-state index in [-0.39, 0.29) is 30.4 Å². The first kappa shape index (κ1) is 23.4. The molecule has 2 aromatic rings. The van der Waals surface area contributed by atoms with Crippen LogP contribution in [0.3, 0.4) is 0 Å². The van der Waals surface area contributed by atoms with Crippen LogP contribution < -0.4 is 5.32 Å². The molecule has 2 N–H and O–H groups in total. The summed E-state index contributed by atoms with van der Waals surface area (Å²) in [5.41, 5.74) is 4.70. The van der Waals surface area contributed by atoms with Crippen LogP contribution >= 0.6 is 0 Å². The van der Waals surface area contributed by atoms with Gasteiger partial charge in [0.25, 0.3) is 0 Å². The fraction of sp³-hybridized carbons (Fsp3) is 0.464. The third-order valence-corrected chi connectivity index (χ3v) is 7.76. The number of rotatable bonds is 5. The molecular weight excluding hydrogens is 444 g/mol. The van der Waals surface area contributed by atoms with Crippen LogP contribution in [0.15, 0.2) is 48.5 Å². The molecule has 2 unspecified atom stereocenters. The highest BCUT2D eigenvalue weighted by atomic mass is 16.5. The summed E-state index contributed by atoms with van der Waals surface area (Å²) in [7, 11) is 0. The van der Waals surface area contributed by atoms with E-state index in [0.717, 1.165) is 32.1 Å². The number of alkyl carbamates (subject to hydrolysis) is 1. The van der Waals surface area contributed by atoms with Gasteiger partial charge in [-0.05, 0) is 60.8 Å². The lowest BCUT2D eigenvalue weighted by molar-refractivity contribution is -0.154. The van der Waals surface area contributed by atoms with Crippen molar-refractivity contribution in [3.8, 4) is 11.1 Å². The van der Waals surface area contributed by atoms with Crippen molar-refractivity contribution < 1.29 is 24.2 Å². The van der Waals surface area contributed by atoms with Gasteiger partial charge in [-0.2, -0.15) is 0 Å². The van der Waals surface area contributed by atoms with Gasteiger partial charge in [0, 0.05) is 24.4 Å². The largest absolute Gasteiger partial charge is 0.480 e. The van der Waals surface area contributed by atoms with Crippen molar-refractivity contribution in [1.29, 1.82) is 0 Å². The minimum Gasteiger partial charge on any atom is -0.480 e. The number of piperidine rings is 1. The summed E-state index contributed by atoms with van der Waals surface area (Å²) >= 11 is 0. The fourth-order valence-corrected chi connectivity index (χ4v) is 6.04. The topological polar surface area (TPSA) is 95.9 Å². The highest BCUT2D eigenvalue weighted by Gasteiger charge is 2.38. The molecule has 3 atom stereocenters. The highest BCUT2D eigenvalue weighted by molar-refractivity contribution is 5.85. The van der Waals surface area contributed by atoms with Gasteiger partial charge in [-0.3, -0.25) is 4.79 Å². The number of carboxylic acid groups (broad SMARTS) is 1. The Hall–Kier alpha value is -3.35. The minimum absolute atomic E-state index is 0.000820. The predicted molar refractivity (Wildman–Crippen MR) is 131 cm³/mol. The SMILES string of the molecule is O=C(NC1CCCC(C(=O)N2CCCC[C@@H]2C(=O)O)C1)OCC1c2ccccc2-c2ccccc21. The quantitative estimate of drug-likeness (QED) is 0.660. The molecule has 1 saturated carbocycles. The molecule has 1 heterocycles. The number of nitrogens with zero attached hydrogens (tertiary/aromatic N) is 1. The van der Waals surface area contributed by atoms with E-state index in [2.05, 4.69) is 29.6 Å². The van der Waals surface area contributed by atoms with E-state index in [1.54, 1.807) is 4.90 Å². The lowest BCUT2D eigenvalue weighted by Gasteiger charge is -2.37. The van der Waals surface area contributed by atoms with Gasteiger partial charge in [0.15, 0.2) is 0 Å². The van der Waals surface area contributed by atoms with Crippen molar-refractivity contribution in [1.82, 2.24) is 10.2 Å². The third kappa shape index (κ3) is 4.77. The van der Waals surface area contributed by atoms with Gasteiger partial charge in [-0.25, -0.2) is 9.59 Å². The number of aliphatic carboxylic acids is 1. The molecule has 2 fully saturated rings. The van der Waals surface area contributed by atoms with E-state index in [9.17, 15) is 19.5 Å². The van der Waals surface area contributed by atoms with Gasteiger partial charge in [-0.15, -0.1) is 0 Å². The Morgan fingerprint density at radius 2 is 1.60 bits per heavy atom. The lowest BCUT2D eigenvalue weighted by Crippen LogP contribution is -2.51. The number of amides is 2. The number of benzene rings is 2. The molecule has 7 nitrogen and oxygen atoms in total. The minimum atomic E-state index is -0.929. The van der Waals surface area contributed by atoms with Crippen molar-refractivity contribution in [2.45, 2.75) is 62.9 Å². The number of hydrogen-bond donors (Lipinski definition) is 2. The van der Waals surface area contributed by atoms with E-state index >= 15 is 0 Å². The van der Waals surface area contributed by atoms with Gasteiger partial charge in [0.05, 0.1) is 0 Å². The summed E-state index contributed by atoms with van der Waals surface area (Å²) in [5.74, 6) is -1.28. The summed E-state index contributed by atoms with van der Waals surface area (Å²) < 4.78 is 5.68. The summed E-state index contributed by atoms with van der Waals surface area (Å²) in [6.07, 6.45) is 4.56. The first-order valence-electron chi connectivity index (χ1n) is 12.7. The first-order valence-corrected chi connectivity index (χ1v) is 12.7. The number of hydrogen-bond acceptors (Lipinski definition) is 4. The predicted octanol–water partition coefficient (Wildman–Crippen LogP) is 4.55. The Morgan fingerprint density at radius 1 is 0.914 bits per heavy atom. The zero-order valence-electron chi connectivity index (χ0n) is 19.8. The molecule has 2 aliphatic carbocycles. The summed E-state index contributed by atoms with van der Waals surface area (Å²) in [6, 6.07) is 15.6. The second kappa shape index (κ2) is 10.1. The van der Waals surface area contributed by atoms with Crippen LogP contribution in [0, 0.1) is 5.92 Å². The van der Waals surface area contributed by atoms with E-state index in [1.165, 1.54) is 22.3 Å². The van der Waals surface area contributed by atoms with Crippen LogP contribution in [0.5, 0.6) is 0 Å². The Morgan fingerprint density at radius 3 is 2.29 bits per heavy atom. The van der Waals surface area contributed by atoms with E-state index in [0.29, 0.717) is 19.4 Å². The molecule has 2 aromatic carbocycles. The molecule has 0 bridgehead atoms. The molecule has 7 heteroatoms. The Kier molecular flexibility index (Phi) is 6.75. The Labute approximate surface area is 205 Å². The second-order valence-corrected chi connectivity index (χ2v) is 9.91. The van der Waals surface area contributed by atoms with Crippen LogP contribution in [0.1, 0.15) is 62.0 Å². The van der Waals surface area contributed by atoms with Crippen LogP contribution in [-0.4, -0.2) is 53.2 Å². The maximum absolute atomic E-state index is 13.2. The molecule has 0 radical (unpaired) electrons. The maximum Gasteiger partial charge on any atom is 0.407 e. The van der Waals surface area contributed by atoms with Crippen molar-refractivity contribution in [3.63, 3.8) is 0 Å². The number of ether oxygens (including phenoxy) is 1. The third-order valence-electron chi connectivity index (χ3n) is 7.76. The standard InChI is InChI=1S/C28H32N2O5/c31-26(30-15-6-5-14-25(30)27(32)33)18-8-7-9-19(16-18)29-28(34)35-17-24-22-12-3-1-10-20(22)21-11-2-4-13-23(21)24/h1-4,10-13,18-19,24-25H,5-9,14-17H2,(H,29,34)(H,32,33)/t18?,19?,25-/m1/s1. The first-order chi connectivity index (χ1) is 17.0. The highest BCUT2D eigenvalue weighted by Crippen LogP contribution is 2.44. The number of nitrogens with one attached hydrogen (secondary N) is 1. The molecule has 35 heavy (non-hydrogen) atoms. The number of fused-ring (bicyclic) bond motifs is 3. The van der Waals surface area contributed by atoms with Crippen molar-refractivity contribution >= 4 is 18.0 Å². The van der Waals surface area contributed by atoms with Gasteiger partial charge < -0.3 is 20.1 Å². The number of carbonyl (C=O) groups excluding carboxylic acids is 2. The molecule has 184 valence electrons. The average Bonchev–Trinajstić information content (AvgIpc) is 3.21. The van der Waals surface area contributed by atoms with Gasteiger partial charge in [0.1, 0.15) is 12.6 Å². The maximum atomic E-state index is 13.2. The van der Waals surface area contributed by atoms with E-state index in [1.807, 2.05) is 24.3 Å². The van der Waals surface area contributed by atoms with Crippen LogP contribution in [0.2, 0.25) is 0 Å². The molecular formula is C28H32N2O5. The van der Waals surface area contributed by atoms with Crippen molar-refractivity contribution in [2.24, 2.45) is 5.92 Å². The molecule has 0 spiro atoms. The summed E-state index contributed by atoms with van der Waals surface area (Å²) in [5, 5.41) is 12.5. The molecule has 1 aliphatic heterocycles. The van der Waals surface area contributed by atoms with E-state index in [4.69, 9.17) is 4.74 Å². The Balaban J connectivity index is 1.18.